The highest BCUT2D eigenvalue weighted by Gasteiger charge is 2.35. The van der Waals surface area contributed by atoms with E-state index in [1.54, 1.807) is 0 Å². The number of ether oxygens (including phenoxy) is 1. The summed E-state index contributed by atoms with van der Waals surface area (Å²) in [4.78, 5) is 11.5. The zero-order valence-electron chi connectivity index (χ0n) is 9.68. The maximum absolute atomic E-state index is 11.5. The van der Waals surface area contributed by atoms with Crippen molar-refractivity contribution in [2.75, 3.05) is 7.11 Å². The Morgan fingerprint density at radius 2 is 1.85 bits per heavy atom. The second-order valence-corrected chi connectivity index (χ2v) is 4.75. The molecule has 2 heteroatoms. The van der Waals surface area contributed by atoms with Crippen molar-refractivity contribution in [3.63, 3.8) is 0 Å². The van der Waals surface area contributed by atoms with Gasteiger partial charge in [-0.2, -0.15) is 0 Å². The van der Waals surface area contributed by atoms with Crippen LogP contribution in [0.2, 0.25) is 0 Å². The van der Waals surface area contributed by atoms with E-state index < -0.39 is 0 Å². The molecule has 0 aromatic carbocycles. The minimum atomic E-state index is -0.0816. The van der Waals surface area contributed by atoms with Gasteiger partial charge < -0.3 is 4.74 Å². The quantitative estimate of drug-likeness (QED) is 0.633. The number of hydrogen-bond donors (Lipinski definition) is 0. The van der Waals surface area contributed by atoms with Crippen LogP contribution in [0.25, 0.3) is 0 Å². The third-order valence-corrected chi connectivity index (χ3v) is 2.60. The Bertz CT molecular complexity index is 167. The Kier molecular flexibility index (Phi) is 4.45. The minimum absolute atomic E-state index is 0.00231. The molecule has 0 aliphatic heterocycles. The van der Waals surface area contributed by atoms with E-state index in [2.05, 4.69) is 34.6 Å². The first-order chi connectivity index (χ1) is 5.84. The third kappa shape index (κ3) is 3.37. The molecule has 0 amide bonds. The number of carbonyl (C=O) groups excluding carboxylic acids is 1. The minimum Gasteiger partial charge on any atom is -0.469 e. The Morgan fingerprint density at radius 3 is 2.08 bits per heavy atom. The lowest BCUT2D eigenvalue weighted by atomic mass is 9.73. The number of rotatable bonds is 3. The average molecular weight is 186 g/mol. The molecule has 0 fully saturated rings. The summed E-state index contributed by atoms with van der Waals surface area (Å²) in [6.07, 6.45) is 1.01. The van der Waals surface area contributed by atoms with Crippen molar-refractivity contribution in [1.29, 1.82) is 0 Å². The predicted octanol–water partition coefficient (Wildman–Crippen LogP) is 2.87. The van der Waals surface area contributed by atoms with E-state index in [0.717, 1.165) is 6.42 Å². The van der Waals surface area contributed by atoms with E-state index >= 15 is 0 Å². The SMILES string of the molecule is CC[C@H](C)C(C(=O)OC)C(C)(C)C. The summed E-state index contributed by atoms with van der Waals surface area (Å²) in [7, 11) is 1.46. The second kappa shape index (κ2) is 4.64. The summed E-state index contributed by atoms with van der Waals surface area (Å²) in [5.74, 6) is 0.303. The molecule has 0 N–H and O–H groups in total. The Hall–Kier alpha value is -0.530. The van der Waals surface area contributed by atoms with E-state index in [0.29, 0.717) is 5.92 Å². The molecule has 2 nitrogen and oxygen atoms in total. The zero-order valence-corrected chi connectivity index (χ0v) is 9.68. The van der Waals surface area contributed by atoms with Crippen molar-refractivity contribution in [3.8, 4) is 0 Å². The van der Waals surface area contributed by atoms with E-state index in [9.17, 15) is 4.79 Å². The lowest BCUT2D eigenvalue weighted by molar-refractivity contribution is -0.151. The summed E-state index contributed by atoms with van der Waals surface area (Å²) in [6.45, 7) is 10.5. The molecule has 13 heavy (non-hydrogen) atoms. The molecular weight excluding hydrogens is 164 g/mol. The van der Waals surface area contributed by atoms with Crippen molar-refractivity contribution in [3.05, 3.63) is 0 Å². The van der Waals surface area contributed by atoms with Crippen molar-refractivity contribution in [2.24, 2.45) is 17.3 Å². The van der Waals surface area contributed by atoms with Crippen LogP contribution in [-0.4, -0.2) is 13.1 Å². The van der Waals surface area contributed by atoms with Crippen LogP contribution in [0.3, 0.4) is 0 Å². The molecule has 0 aromatic heterocycles. The largest absolute Gasteiger partial charge is 0.469 e. The van der Waals surface area contributed by atoms with Crippen LogP contribution in [0.15, 0.2) is 0 Å². The van der Waals surface area contributed by atoms with Crippen molar-refractivity contribution >= 4 is 5.97 Å². The molecule has 0 heterocycles. The Balaban J connectivity index is 4.65. The molecule has 0 aromatic rings. The van der Waals surface area contributed by atoms with Gasteiger partial charge in [0.1, 0.15) is 0 Å². The molecule has 0 spiro atoms. The van der Waals surface area contributed by atoms with Crippen LogP contribution in [0.1, 0.15) is 41.0 Å². The number of hydrogen-bond acceptors (Lipinski definition) is 2. The fourth-order valence-electron chi connectivity index (χ4n) is 1.80. The summed E-state index contributed by atoms with van der Waals surface area (Å²) < 4.78 is 4.82. The molecule has 0 radical (unpaired) electrons. The topological polar surface area (TPSA) is 26.3 Å². The van der Waals surface area contributed by atoms with Gasteiger partial charge in [-0.15, -0.1) is 0 Å². The van der Waals surface area contributed by atoms with E-state index in [1.165, 1.54) is 7.11 Å². The lowest BCUT2D eigenvalue weighted by Gasteiger charge is -2.32. The van der Waals surface area contributed by atoms with Crippen LogP contribution in [0.4, 0.5) is 0 Å². The number of carbonyl (C=O) groups is 1. The highest BCUT2D eigenvalue weighted by atomic mass is 16.5. The van der Waals surface area contributed by atoms with Crippen LogP contribution in [-0.2, 0) is 9.53 Å². The zero-order chi connectivity index (χ0) is 10.6. The first kappa shape index (κ1) is 12.5. The number of methoxy groups -OCH3 is 1. The molecule has 0 aliphatic carbocycles. The smallest absolute Gasteiger partial charge is 0.309 e. The summed E-state index contributed by atoms with van der Waals surface area (Å²) in [6, 6.07) is 0. The fraction of sp³-hybridized carbons (Fsp3) is 0.909. The van der Waals surface area contributed by atoms with Crippen molar-refractivity contribution < 1.29 is 9.53 Å². The van der Waals surface area contributed by atoms with Gasteiger partial charge in [-0.05, 0) is 11.3 Å². The molecule has 78 valence electrons. The van der Waals surface area contributed by atoms with Gasteiger partial charge in [-0.1, -0.05) is 41.0 Å². The van der Waals surface area contributed by atoms with Gasteiger partial charge in [-0.25, -0.2) is 0 Å². The van der Waals surface area contributed by atoms with Crippen LogP contribution in [0.5, 0.6) is 0 Å². The van der Waals surface area contributed by atoms with Gasteiger partial charge in [0, 0.05) is 0 Å². The van der Waals surface area contributed by atoms with Gasteiger partial charge in [0.25, 0.3) is 0 Å². The predicted molar refractivity (Wildman–Crippen MR) is 54.4 cm³/mol. The highest BCUT2D eigenvalue weighted by molar-refractivity contribution is 5.73. The maximum Gasteiger partial charge on any atom is 0.309 e. The molecule has 0 rings (SSSR count). The van der Waals surface area contributed by atoms with E-state index in [4.69, 9.17) is 4.74 Å². The molecule has 0 saturated heterocycles. The van der Waals surface area contributed by atoms with E-state index in [1.807, 2.05) is 0 Å². The third-order valence-electron chi connectivity index (χ3n) is 2.60. The van der Waals surface area contributed by atoms with Crippen molar-refractivity contribution in [2.45, 2.75) is 41.0 Å². The van der Waals surface area contributed by atoms with Gasteiger partial charge in [-0.3, -0.25) is 4.79 Å². The Labute approximate surface area is 81.7 Å². The molecule has 0 bridgehead atoms. The average Bonchev–Trinajstić information content (AvgIpc) is 2.01. The van der Waals surface area contributed by atoms with Gasteiger partial charge in [0.15, 0.2) is 0 Å². The standard InChI is InChI=1S/C11H22O2/c1-7-8(2)9(10(12)13-6)11(3,4)5/h8-9H,7H2,1-6H3/t8-,9?/m0/s1. The summed E-state index contributed by atoms with van der Waals surface area (Å²) in [5.41, 5.74) is -0.0114. The van der Waals surface area contributed by atoms with Gasteiger partial charge in [0.05, 0.1) is 13.0 Å². The lowest BCUT2D eigenvalue weighted by Crippen LogP contribution is -2.34. The summed E-state index contributed by atoms with van der Waals surface area (Å²) in [5, 5.41) is 0. The molecule has 2 atom stereocenters. The summed E-state index contributed by atoms with van der Waals surface area (Å²) >= 11 is 0. The maximum atomic E-state index is 11.5. The van der Waals surface area contributed by atoms with Gasteiger partial charge >= 0.3 is 5.97 Å². The van der Waals surface area contributed by atoms with Crippen LogP contribution >= 0.6 is 0 Å². The molecule has 0 aliphatic rings. The normalized spacial score (nSPS) is 16.5. The van der Waals surface area contributed by atoms with Gasteiger partial charge in [0.2, 0.25) is 0 Å². The Morgan fingerprint density at radius 1 is 1.38 bits per heavy atom. The first-order valence-electron chi connectivity index (χ1n) is 4.92. The fourth-order valence-corrected chi connectivity index (χ4v) is 1.80. The highest BCUT2D eigenvalue weighted by Crippen LogP contribution is 2.34. The second-order valence-electron chi connectivity index (χ2n) is 4.75. The molecular formula is C11H22O2. The van der Waals surface area contributed by atoms with Crippen LogP contribution < -0.4 is 0 Å². The van der Waals surface area contributed by atoms with Crippen LogP contribution in [0, 0.1) is 17.3 Å². The van der Waals surface area contributed by atoms with E-state index in [-0.39, 0.29) is 17.3 Å². The molecule has 1 unspecified atom stereocenters. The first-order valence-corrected chi connectivity index (χ1v) is 4.92. The molecule has 0 saturated carbocycles. The number of esters is 1. The van der Waals surface area contributed by atoms with Crippen molar-refractivity contribution in [1.82, 2.24) is 0 Å². The monoisotopic (exact) mass is 186 g/mol.